The first kappa shape index (κ1) is 15.5. The Morgan fingerprint density at radius 1 is 1.42 bits per heavy atom. The van der Waals surface area contributed by atoms with Crippen molar-refractivity contribution in [2.24, 2.45) is 0 Å². The minimum Gasteiger partial charge on any atom is -0.474 e. The van der Waals surface area contributed by atoms with E-state index in [9.17, 15) is 0 Å². The van der Waals surface area contributed by atoms with Crippen molar-refractivity contribution in [1.82, 2.24) is 15.3 Å². The third-order valence-electron chi connectivity index (χ3n) is 4.00. The van der Waals surface area contributed by atoms with Crippen LogP contribution in [-0.2, 0) is 4.74 Å². The normalized spacial score (nSPS) is 18.0. The Bertz CT molecular complexity index is 843. The highest BCUT2D eigenvalue weighted by atomic mass is 32.1. The van der Waals surface area contributed by atoms with Gasteiger partial charge in [0.2, 0.25) is 5.88 Å². The second-order valence-electron chi connectivity index (χ2n) is 5.84. The van der Waals surface area contributed by atoms with Gasteiger partial charge in [-0.2, -0.15) is 0 Å². The molecule has 0 spiro atoms. The Kier molecular flexibility index (Phi) is 4.42. The van der Waals surface area contributed by atoms with Crippen LogP contribution >= 0.6 is 11.3 Å². The molecule has 6 heteroatoms. The lowest BCUT2D eigenvalue weighted by molar-refractivity contribution is -0.000365. The van der Waals surface area contributed by atoms with Gasteiger partial charge in [-0.25, -0.2) is 4.98 Å². The molecular weight excluding hydrogens is 322 g/mol. The molecule has 0 radical (unpaired) electrons. The van der Waals surface area contributed by atoms with Gasteiger partial charge in [-0.1, -0.05) is 0 Å². The van der Waals surface area contributed by atoms with Gasteiger partial charge in [0.15, 0.2) is 0 Å². The van der Waals surface area contributed by atoms with E-state index in [-0.39, 0.29) is 6.10 Å². The third-order valence-corrected chi connectivity index (χ3v) is 4.86. The molecule has 4 heterocycles. The first-order valence-electron chi connectivity index (χ1n) is 8.06. The molecule has 0 bridgehead atoms. The Morgan fingerprint density at radius 3 is 3.17 bits per heavy atom. The van der Waals surface area contributed by atoms with E-state index in [2.05, 4.69) is 28.7 Å². The highest BCUT2D eigenvalue weighted by Gasteiger charge is 2.16. The van der Waals surface area contributed by atoms with Crippen molar-refractivity contribution >= 4 is 22.2 Å². The van der Waals surface area contributed by atoms with Crippen LogP contribution in [0.5, 0.6) is 5.88 Å². The predicted octanol–water partition coefficient (Wildman–Crippen LogP) is 3.03. The number of aromatic nitrogens is 2. The molecule has 0 aromatic carbocycles. The summed E-state index contributed by atoms with van der Waals surface area (Å²) in [5, 5.41) is 6.36. The Morgan fingerprint density at radius 2 is 2.38 bits per heavy atom. The van der Waals surface area contributed by atoms with Crippen LogP contribution in [0.1, 0.15) is 4.88 Å². The topological polar surface area (TPSA) is 56.3 Å². The molecule has 4 rings (SSSR count). The van der Waals surface area contributed by atoms with Crippen LogP contribution in [0, 0.1) is 6.92 Å². The average Bonchev–Trinajstić information content (AvgIpc) is 3.07. The summed E-state index contributed by atoms with van der Waals surface area (Å²) in [6.45, 7) is 5.00. The molecule has 0 amide bonds. The van der Waals surface area contributed by atoms with E-state index in [4.69, 9.17) is 14.5 Å². The largest absolute Gasteiger partial charge is 0.474 e. The lowest BCUT2D eigenvalue weighted by Gasteiger charge is -2.23. The number of ether oxygens (including phenoxy) is 2. The van der Waals surface area contributed by atoms with Crippen molar-refractivity contribution < 1.29 is 9.47 Å². The highest BCUT2D eigenvalue weighted by Crippen LogP contribution is 2.30. The molecule has 1 saturated heterocycles. The molecule has 1 aliphatic rings. The molecule has 3 aromatic heterocycles. The maximum atomic E-state index is 6.02. The van der Waals surface area contributed by atoms with Gasteiger partial charge >= 0.3 is 0 Å². The standard InChI is InChI=1S/C18H19N3O2S/c1-12-7-13(11-24-12)16-8-17-15(3-2-4-20-17)18(21-16)23-10-14-9-19-5-6-22-14/h2-4,7-8,11,14,19H,5-6,9-10H2,1H3/t14-/m0/s1. The number of pyridine rings is 2. The zero-order valence-corrected chi connectivity index (χ0v) is 14.3. The zero-order chi connectivity index (χ0) is 16.4. The van der Waals surface area contributed by atoms with Crippen molar-refractivity contribution in [2.45, 2.75) is 13.0 Å². The van der Waals surface area contributed by atoms with Crippen molar-refractivity contribution in [3.63, 3.8) is 0 Å². The zero-order valence-electron chi connectivity index (χ0n) is 13.5. The number of thiophene rings is 1. The van der Waals surface area contributed by atoms with Gasteiger partial charge in [0.25, 0.3) is 0 Å². The number of nitrogens with one attached hydrogen (secondary N) is 1. The van der Waals surface area contributed by atoms with Crippen LogP contribution in [0.4, 0.5) is 0 Å². The molecule has 1 N–H and O–H groups in total. The van der Waals surface area contributed by atoms with Crippen LogP contribution in [0.2, 0.25) is 0 Å². The molecule has 0 saturated carbocycles. The van der Waals surface area contributed by atoms with E-state index in [1.807, 2.05) is 18.2 Å². The van der Waals surface area contributed by atoms with E-state index in [0.717, 1.165) is 41.9 Å². The van der Waals surface area contributed by atoms with E-state index < -0.39 is 0 Å². The van der Waals surface area contributed by atoms with E-state index in [1.165, 1.54) is 4.88 Å². The second kappa shape index (κ2) is 6.84. The van der Waals surface area contributed by atoms with Crippen LogP contribution < -0.4 is 10.1 Å². The van der Waals surface area contributed by atoms with Crippen LogP contribution in [0.25, 0.3) is 22.2 Å². The summed E-state index contributed by atoms with van der Waals surface area (Å²) >= 11 is 1.72. The molecule has 0 aliphatic carbocycles. The number of hydrogen-bond donors (Lipinski definition) is 1. The number of nitrogens with zero attached hydrogens (tertiary/aromatic N) is 2. The summed E-state index contributed by atoms with van der Waals surface area (Å²) in [5.74, 6) is 0.619. The van der Waals surface area contributed by atoms with Crippen molar-refractivity contribution in [3.05, 3.63) is 40.7 Å². The molecule has 1 atom stereocenters. The Labute approximate surface area is 144 Å². The fourth-order valence-corrected chi connectivity index (χ4v) is 3.48. The van der Waals surface area contributed by atoms with Gasteiger partial charge in [-0.15, -0.1) is 11.3 Å². The fourth-order valence-electron chi connectivity index (χ4n) is 2.78. The second-order valence-corrected chi connectivity index (χ2v) is 6.95. The monoisotopic (exact) mass is 341 g/mol. The average molecular weight is 341 g/mol. The molecule has 5 nitrogen and oxygen atoms in total. The molecular formula is C18H19N3O2S. The molecule has 1 aliphatic heterocycles. The first-order chi connectivity index (χ1) is 11.8. The fraction of sp³-hybridized carbons (Fsp3) is 0.333. The van der Waals surface area contributed by atoms with E-state index in [0.29, 0.717) is 12.5 Å². The Balaban J connectivity index is 1.66. The van der Waals surface area contributed by atoms with Gasteiger partial charge < -0.3 is 14.8 Å². The number of morpholine rings is 1. The lowest BCUT2D eigenvalue weighted by atomic mass is 10.1. The molecule has 24 heavy (non-hydrogen) atoms. The van der Waals surface area contributed by atoms with Crippen molar-refractivity contribution in [1.29, 1.82) is 0 Å². The van der Waals surface area contributed by atoms with Gasteiger partial charge in [0, 0.05) is 35.1 Å². The van der Waals surface area contributed by atoms with E-state index in [1.54, 1.807) is 17.5 Å². The number of fused-ring (bicyclic) bond motifs is 1. The lowest BCUT2D eigenvalue weighted by Crippen LogP contribution is -2.41. The minimum atomic E-state index is 0.0549. The summed E-state index contributed by atoms with van der Waals surface area (Å²) < 4.78 is 11.7. The summed E-state index contributed by atoms with van der Waals surface area (Å²) in [6, 6.07) is 8.05. The van der Waals surface area contributed by atoms with E-state index >= 15 is 0 Å². The van der Waals surface area contributed by atoms with Gasteiger partial charge in [0.05, 0.1) is 23.2 Å². The number of aryl methyl sites for hydroxylation is 1. The molecule has 0 unspecified atom stereocenters. The maximum Gasteiger partial charge on any atom is 0.223 e. The SMILES string of the molecule is Cc1cc(-c2cc3ncccc3c(OC[C@@H]3CNCCO3)n2)cs1. The van der Waals surface area contributed by atoms with Gasteiger partial charge in [-0.3, -0.25) is 4.98 Å². The van der Waals surface area contributed by atoms with Crippen molar-refractivity contribution in [2.75, 3.05) is 26.3 Å². The predicted molar refractivity (Wildman–Crippen MR) is 95.7 cm³/mol. The van der Waals surface area contributed by atoms with Gasteiger partial charge in [0.1, 0.15) is 12.7 Å². The van der Waals surface area contributed by atoms with Crippen LogP contribution in [-0.4, -0.2) is 42.4 Å². The maximum absolute atomic E-state index is 6.02. The third kappa shape index (κ3) is 3.26. The highest BCUT2D eigenvalue weighted by molar-refractivity contribution is 7.10. The number of hydrogen-bond acceptors (Lipinski definition) is 6. The minimum absolute atomic E-state index is 0.0549. The van der Waals surface area contributed by atoms with Crippen molar-refractivity contribution in [3.8, 4) is 17.1 Å². The molecule has 3 aromatic rings. The Hall–Kier alpha value is -2.02. The first-order valence-corrected chi connectivity index (χ1v) is 8.94. The van der Waals surface area contributed by atoms with Crippen LogP contribution in [0.15, 0.2) is 35.8 Å². The van der Waals surface area contributed by atoms with Crippen LogP contribution in [0.3, 0.4) is 0 Å². The number of rotatable bonds is 4. The van der Waals surface area contributed by atoms with Gasteiger partial charge in [-0.05, 0) is 31.2 Å². The summed E-state index contributed by atoms with van der Waals surface area (Å²) in [7, 11) is 0. The summed E-state index contributed by atoms with van der Waals surface area (Å²) in [5.41, 5.74) is 2.89. The quantitative estimate of drug-likeness (QED) is 0.790. The smallest absolute Gasteiger partial charge is 0.223 e. The summed E-state index contributed by atoms with van der Waals surface area (Å²) in [6.07, 6.45) is 1.85. The summed E-state index contributed by atoms with van der Waals surface area (Å²) in [4.78, 5) is 10.5. The molecule has 1 fully saturated rings. The molecule has 124 valence electrons.